The summed E-state index contributed by atoms with van der Waals surface area (Å²) in [7, 11) is 0. The van der Waals surface area contributed by atoms with Gasteiger partial charge in [-0.2, -0.15) is 4.73 Å². The number of halogens is 1. The molecule has 0 atom stereocenters. The van der Waals surface area contributed by atoms with E-state index >= 15 is 0 Å². The fourth-order valence-corrected chi connectivity index (χ4v) is 3.10. The highest BCUT2D eigenvalue weighted by atomic mass is 35.5. The van der Waals surface area contributed by atoms with Gasteiger partial charge in [0.05, 0.1) is 16.1 Å². The Bertz CT molecular complexity index is 975. The highest BCUT2D eigenvalue weighted by Crippen LogP contribution is 2.35. The predicted octanol–water partition coefficient (Wildman–Crippen LogP) is 4.44. The van der Waals surface area contributed by atoms with Crippen LogP contribution in [0.15, 0.2) is 48.5 Å². The van der Waals surface area contributed by atoms with E-state index in [1.54, 1.807) is 4.73 Å². The molecule has 0 saturated carbocycles. The summed E-state index contributed by atoms with van der Waals surface area (Å²) in [5.41, 5.74) is 3.59. The lowest BCUT2D eigenvalue weighted by molar-refractivity contribution is 0.142. The number of rotatable bonds is 2. The molecule has 21 heavy (non-hydrogen) atoms. The van der Waals surface area contributed by atoms with Crippen molar-refractivity contribution in [3.05, 3.63) is 53.6 Å². The summed E-state index contributed by atoms with van der Waals surface area (Å²) in [6.45, 7) is 2.53. The molecule has 3 nitrogen and oxygen atoms in total. The Morgan fingerprint density at radius 2 is 1.76 bits per heavy atom. The first-order valence-electron chi connectivity index (χ1n) is 6.92. The van der Waals surface area contributed by atoms with Crippen LogP contribution in [0.5, 0.6) is 0 Å². The minimum absolute atomic E-state index is 0.566. The molecule has 4 rings (SSSR count). The number of nitrogens with zero attached hydrogens (tertiary/aromatic N) is 2. The monoisotopic (exact) mass is 296 g/mol. The number of para-hydroxylation sites is 2. The summed E-state index contributed by atoms with van der Waals surface area (Å²) < 4.78 is 1.80. The largest absolute Gasteiger partial charge is 0.413 e. The van der Waals surface area contributed by atoms with Crippen LogP contribution in [0.2, 0.25) is 5.02 Å². The highest BCUT2D eigenvalue weighted by molar-refractivity contribution is 6.40. The molecule has 4 aromatic rings. The highest BCUT2D eigenvalue weighted by Gasteiger charge is 2.17. The summed E-state index contributed by atoms with van der Waals surface area (Å²) in [5.74, 6) is 0. The zero-order valence-corrected chi connectivity index (χ0v) is 12.3. The molecule has 0 spiro atoms. The molecular formula is C17H13ClN2O. The standard InChI is InChI=1S/C17H13ClN2O/c1-2-21-20-14-10-6-4-8-12(14)16-17(20)15(18)11-7-3-5-9-13(11)19-16/h3-10H,2H2,1H3. The van der Waals surface area contributed by atoms with Gasteiger partial charge < -0.3 is 4.84 Å². The Morgan fingerprint density at radius 3 is 2.57 bits per heavy atom. The molecule has 0 unspecified atom stereocenters. The van der Waals surface area contributed by atoms with E-state index in [0.717, 1.165) is 32.8 Å². The molecule has 2 heterocycles. The number of benzene rings is 2. The number of aromatic nitrogens is 2. The van der Waals surface area contributed by atoms with E-state index < -0.39 is 0 Å². The maximum Gasteiger partial charge on any atom is 0.126 e. The van der Waals surface area contributed by atoms with E-state index in [-0.39, 0.29) is 0 Å². The molecule has 2 aromatic carbocycles. The van der Waals surface area contributed by atoms with Gasteiger partial charge in [0.15, 0.2) is 0 Å². The summed E-state index contributed by atoms with van der Waals surface area (Å²) in [4.78, 5) is 10.6. The lowest BCUT2D eigenvalue weighted by Crippen LogP contribution is -2.10. The van der Waals surface area contributed by atoms with Crippen molar-refractivity contribution in [2.75, 3.05) is 6.61 Å². The van der Waals surface area contributed by atoms with Crippen LogP contribution in [0, 0.1) is 0 Å². The van der Waals surface area contributed by atoms with Crippen molar-refractivity contribution in [1.29, 1.82) is 0 Å². The Balaban J connectivity index is 2.29. The van der Waals surface area contributed by atoms with Gasteiger partial charge in [-0.25, -0.2) is 4.98 Å². The van der Waals surface area contributed by atoms with Gasteiger partial charge in [-0.3, -0.25) is 0 Å². The minimum Gasteiger partial charge on any atom is -0.413 e. The molecule has 2 aromatic heterocycles. The van der Waals surface area contributed by atoms with Crippen LogP contribution in [0.25, 0.3) is 32.8 Å². The van der Waals surface area contributed by atoms with Gasteiger partial charge in [-0.15, -0.1) is 0 Å². The Labute approximate surface area is 126 Å². The average molecular weight is 297 g/mol. The van der Waals surface area contributed by atoms with E-state index in [4.69, 9.17) is 21.4 Å². The maximum atomic E-state index is 6.65. The first kappa shape index (κ1) is 12.5. The van der Waals surface area contributed by atoms with Crippen LogP contribution in [0.1, 0.15) is 6.92 Å². The molecule has 0 N–H and O–H groups in total. The van der Waals surface area contributed by atoms with Crippen LogP contribution >= 0.6 is 11.6 Å². The third-order valence-corrected chi connectivity index (χ3v) is 4.03. The van der Waals surface area contributed by atoms with Crippen LogP contribution in [-0.2, 0) is 0 Å². The fourth-order valence-electron chi connectivity index (χ4n) is 2.77. The van der Waals surface area contributed by atoms with Gasteiger partial charge in [-0.05, 0) is 19.1 Å². The van der Waals surface area contributed by atoms with Crippen molar-refractivity contribution in [3.8, 4) is 0 Å². The van der Waals surface area contributed by atoms with Crippen molar-refractivity contribution >= 4 is 44.4 Å². The van der Waals surface area contributed by atoms with E-state index in [1.165, 1.54) is 0 Å². The van der Waals surface area contributed by atoms with Crippen molar-refractivity contribution in [1.82, 2.24) is 9.71 Å². The average Bonchev–Trinajstić information content (AvgIpc) is 2.83. The third kappa shape index (κ3) is 1.71. The lowest BCUT2D eigenvalue weighted by Gasteiger charge is -2.09. The molecule has 0 fully saturated rings. The molecule has 0 bridgehead atoms. The molecule has 104 valence electrons. The number of pyridine rings is 1. The van der Waals surface area contributed by atoms with E-state index in [0.29, 0.717) is 11.6 Å². The molecule has 0 aliphatic heterocycles. The normalized spacial score (nSPS) is 11.5. The van der Waals surface area contributed by atoms with E-state index in [9.17, 15) is 0 Å². The third-order valence-electron chi connectivity index (χ3n) is 3.64. The summed E-state index contributed by atoms with van der Waals surface area (Å²) in [5, 5.41) is 2.67. The quantitative estimate of drug-likeness (QED) is 0.546. The first-order valence-corrected chi connectivity index (χ1v) is 7.29. The first-order chi connectivity index (χ1) is 10.3. The molecule has 4 heteroatoms. The van der Waals surface area contributed by atoms with Crippen LogP contribution in [0.3, 0.4) is 0 Å². The van der Waals surface area contributed by atoms with Crippen LogP contribution < -0.4 is 4.84 Å². The Kier molecular flexibility index (Phi) is 2.76. The second kappa shape index (κ2) is 4.64. The maximum absolute atomic E-state index is 6.65. The van der Waals surface area contributed by atoms with Crippen molar-refractivity contribution < 1.29 is 4.84 Å². The fraction of sp³-hybridized carbons (Fsp3) is 0.118. The van der Waals surface area contributed by atoms with Gasteiger partial charge in [0.2, 0.25) is 0 Å². The van der Waals surface area contributed by atoms with Crippen molar-refractivity contribution in [2.45, 2.75) is 6.92 Å². The predicted molar refractivity (Wildman–Crippen MR) is 86.9 cm³/mol. The molecule has 0 amide bonds. The summed E-state index contributed by atoms with van der Waals surface area (Å²) in [6.07, 6.45) is 0. The zero-order chi connectivity index (χ0) is 14.4. The molecular weight excluding hydrogens is 284 g/mol. The van der Waals surface area contributed by atoms with Gasteiger partial charge in [-0.1, -0.05) is 48.0 Å². The number of fused-ring (bicyclic) bond motifs is 4. The summed E-state index contributed by atoms with van der Waals surface area (Å²) in [6, 6.07) is 16.0. The summed E-state index contributed by atoms with van der Waals surface area (Å²) >= 11 is 6.65. The SMILES string of the molecule is CCOn1c2ccccc2c2nc3ccccc3c(Cl)c21. The van der Waals surface area contributed by atoms with E-state index in [1.807, 2.05) is 55.5 Å². The van der Waals surface area contributed by atoms with Crippen molar-refractivity contribution in [2.24, 2.45) is 0 Å². The van der Waals surface area contributed by atoms with Gasteiger partial charge in [0, 0.05) is 10.8 Å². The second-order valence-corrected chi connectivity index (χ2v) is 5.25. The molecule has 0 aliphatic carbocycles. The topological polar surface area (TPSA) is 27.1 Å². The van der Waals surface area contributed by atoms with Gasteiger partial charge in [0.1, 0.15) is 17.6 Å². The number of hydrogen-bond donors (Lipinski definition) is 0. The van der Waals surface area contributed by atoms with Crippen molar-refractivity contribution in [3.63, 3.8) is 0 Å². The Hall–Kier alpha value is -2.26. The van der Waals surface area contributed by atoms with Crippen LogP contribution in [-0.4, -0.2) is 16.3 Å². The molecule has 0 aliphatic rings. The zero-order valence-electron chi connectivity index (χ0n) is 11.5. The van der Waals surface area contributed by atoms with E-state index in [2.05, 4.69) is 0 Å². The van der Waals surface area contributed by atoms with Crippen LogP contribution in [0.4, 0.5) is 0 Å². The van der Waals surface area contributed by atoms with Gasteiger partial charge in [0.25, 0.3) is 0 Å². The minimum atomic E-state index is 0.566. The molecule has 0 saturated heterocycles. The van der Waals surface area contributed by atoms with Gasteiger partial charge >= 0.3 is 0 Å². The molecule has 0 radical (unpaired) electrons. The lowest BCUT2D eigenvalue weighted by atomic mass is 10.2. The Morgan fingerprint density at radius 1 is 1.05 bits per heavy atom. The smallest absolute Gasteiger partial charge is 0.126 e. The second-order valence-electron chi connectivity index (χ2n) is 4.87. The number of hydrogen-bond acceptors (Lipinski definition) is 2.